The molecule has 0 radical (unpaired) electrons. The monoisotopic (exact) mass is 279 g/mol. The molecule has 110 valence electrons. The summed E-state index contributed by atoms with van der Waals surface area (Å²) in [6.45, 7) is 8.58. The molecule has 0 saturated carbocycles. The van der Waals surface area contributed by atoms with Crippen molar-refractivity contribution in [2.24, 2.45) is 5.92 Å². The van der Waals surface area contributed by atoms with Crippen LogP contribution >= 0.6 is 0 Å². The van der Waals surface area contributed by atoms with Gasteiger partial charge in [0.1, 0.15) is 0 Å². The second-order valence-electron chi connectivity index (χ2n) is 4.90. The lowest BCUT2D eigenvalue weighted by atomic mass is 10.1. The van der Waals surface area contributed by atoms with E-state index in [9.17, 15) is 9.32 Å². The third-order valence-electron chi connectivity index (χ3n) is 2.59. The van der Waals surface area contributed by atoms with Gasteiger partial charge in [0.05, 0.1) is 12.7 Å². The van der Waals surface area contributed by atoms with Crippen molar-refractivity contribution in [3.05, 3.63) is 0 Å². The Morgan fingerprint density at radius 1 is 1.39 bits per heavy atom. The summed E-state index contributed by atoms with van der Waals surface area (Å²) in [6.07, 6.45) is 1.74. The molecule has 0 bridgehead atoms. The van der Waals surface area contributed by atoms with Crippen LogP contribution in [0.15, 0.2) is 0 Å². The smallest absolute Gasteiger partial charge is 0.0897 e. The van der Waals surface area contributed by atoms with Gasteiger partial charge in [0.15, 0.2) is 0 Å². The Labute approximate surface area is 114 Å². The molecule has 0 aromatic rings. The highest BCUT2D eigenvalue weighted by molar-refractivity contribution is 7.84. The topological polar surface area (TPSA) is 58.6 Å². The lowest BCUT2D eigenvalue weighted by Crippen LogP contribution is -2.32. The number of aliphatic hydroxyl groups excluding tert-OH is 1. The lowest BCUT2D eigenvalue weighted by molar-refractivity contribution is 0.0351. The Morgan fingerprint density at radius 3 is 2.72 bits per heavy atom. The first-order valence-electron chi connectivity index (χ1n) is 6.87. The summed E-state index contributed by atoms with van der Waals surface area (Å²) in [7, 11) is -0.730. The van der Waals surface area contributed by atoms with E-state index in [1.807, 2.05) is 6.92 Å². The SMILES string of the molecule is CCS(=O)CCNCC(O)COCCCC(C)C. The quantitative estimate of drug-likeness (QED) is 0.526. The van der Waals surface area contributed by atoms with E-state index >= 15 is 0 Å². The molecule has 0 heterocycles. The fourth-order valence-electron chi connectivity index (χ4n) is 1.47. The van der Waals surface area contributed by atoms with Crippen molar-refractivity contribution in [3.8, 4) is 0 Å². The van der Waals surface area contributed by atoms with E-state index in [0.717, 1.165) is 19.4 Å². The van der Waals surface area contributed by atoms with Crippen molar-refractivity contribution < 1.29 is 14.1 Å². The van der Waals surface area contributed by atoms with Gasteiger partial charge >= 0.3 is 0 Å². The van der Waals surface area contributed by atoms with Crippen molar-refractivity contribution in [2.45, 2.75) is 39.7 Å². The van der Waals surface area contributed by atoms with Crippen molar-refractivity contribution >= 4 is 10.8 Å². The van der Waals surface area contributed by atoms with Crippen molar-refractivity contribution in [1.29, 1.82) is 0 Å². The zero-order valence-corrected chi connectivity index (χ0v) is 12.8. The van der Waals surface area contributed by atoms with Crippen LogP contribution in [0.4, 0.5) is 0 Å². The molecule has 2 N–H and O–H groups in total. The maximum Gasteiger partial charge on any atom is 0.0897 e. The molecule has 0 aliphatic rings. The van der Waals surface area contributed by atoms with Gasteiger partial charge in [-0.15, -0.1) is 0 Å². The van der Waals surface area contributed by atoms with Crippen LogP contribution in [0, 0.1) is 5.92 Å². The third kappa shape index (κ3) is 12.5. The van der Waals surface area contributed by atoms with E-state index in [4.69, 9.17) is 4.74 Å². The number of hydrogen-bond donors (Lipinski definition) is 2. The van der Waals surface area contributed by atoms with Gasteiger partial charge in [0.2, 0.25) is 0 Å². The number of ether oxygens (including phenoxy) is 1. The first-order valence-corrected chi connectivity index (χ1v) is 8.36. The third-order valence-corrected chi connectivity index (χ3v) is 3.89. The number of aliphatic hydroxyl groups is 1. The normalized spacial score (nSPS) is 14.9. The molecule has 0 aliphatic heterocycles. The second-order valence-corrected chi connectivity index (χ2v) is 6.77. The van der Waals surface area contributed by atoms with E-state index in [0.29, 0.717) is 37.1 Å². The summed E-state index contributed by atoms with van der Waals surface area (Å²) in [5, 5.41) is 12.7. The van der Waals surface area contributed by atoms with Crippen LogP contribution in [-0.4, -0.2) is 53.2 Å². The van der Waals surface area contributed by atoms with Gasteiger partial charge in [-0.25, -0.2) is 0 Å². The summed E-state index contributed by atoms with van der Waals surface area (Å²) in [5.74, 6) is 2.06. The molecule has 0 fully saturated rings. The van der Waals surface area contributed by atoms with E-state index in [1.165, 1.54) is 0 Å². The minimum Gasteiger partial charge on any atom is -0.389 e. The van der Waals surface area contributed by atoms with Gasteiger partial charge in [0.25, 0.3) is 0 Å². The molecule has 0 aliphatic carbocycles. The highest BCUT2D eigenvalue weighted by Gasteiger charge is 2.04. The molecular formula is C13H29NO3S. The van der Waals surface area contributed by atoms with E-state index in [2.05, 4.69) is 19.2 Å². The molecule has 0 aromatic heterocycles. The Kier molecular flexibility index (Phi) is 12.1. The minimum atomic E-state index is -0.730. The van der Waals surface area contributed by atoms with E-state index in [1.54, 1.807) is 0 Å². The van der Waals surface area contributed by atoms with Gasteiger partial charge in [-0.1, -0.05) is 20.8 Å². The molecule has 0 aromatic carbocycles. The van der Waals surface area contributed by atoms with E-state index < -0.39 is 16.9 Å². The van der Waals surface area contributed by atoms with Crippen LogP contribution in [0.5, 0.6) is 0 Å². The van der Waals surface area contributed by atoms with Gasteiger partial charge in [0, 0.05) is 42.0 Å². The van der Waals surface area contributed by atoms with Crippen LogP contribution in [0.25, 0.3) is 0 Å². The van der Waals surface area contributed by atoms with E-state index in [-0.39, 0.29) is 0 Å². The van der Waals surface area contributed by atoms with Crippen molar-refractivity contribution in [2.75, 3.05) is 37.8 Å². The second kappa shape index (κ2) is 12.1. The van der Waals surface area contributed by atoms with Gasteiger partial charge < -0.3 is 15.2 Å². The van der Waals surface area contributed by atoms with Gasteiger partial charge in [-0.2, -0.15) is 0 Å². The largest absolute Gasteiger partial charge is 0.389 e. The first-order chi connectivity index (χ1) is 8.56. The van der Waals surface area contributed by atoms with Crippen LogP contribution in [0.1, 0.15) is 33.6 Å². The minimum absolute atomic E-state index is 0.377. The zero-order chi connectivity index (χ0) is 13.8. The summed E-state index contributed by atoms with van der Waals surface area (Å²) in [5.41, 5.74) is 0. The summed E-state index contributed by atoms with van der Waals surface area (Å²) >= 11 is 0. The number of rotatable bonds is 12. The molecule has 0 rings (SSSR count). The Balaban J connectivity index is 3.27. The van der Waals surface area contributed by atoms with Crippen LogP contribution < -0.4 is 5.32 Å². The molecule has 18 heavy (non-hydrogen) atoms. The molecule has 0 saturated heterocycles. The van der Waals surface area contributed by atoms with Gasteiger partial charge in [-0.3, -0.25) is 4.21 Å². The summed E-state index contributed by atoms with van der Waals surface area (Å²) in [4.78, 5) is 0. The predicted octanol–water partition coefficient (Wildman–Crippen LogP) is 1.16. The number of hydrogen-bond acceptors (Lipinski definition) is 4. The number of nitrogens with one attached hydrogen (secondary N) is 1. The average molecular weight is 279 g/mol. The molecule has 0 spiro atoms. The van der Waals surface area contributed by atoms with Crippen LogP contribution in [0.3, 0.4) is 0 Å². The zero-order valence-electron chi connectivity index (χ0n) is 12.0. The summed E-state index contributed by atoms with van der Waals surface area (Å²) in [6, 6.07) is 0. The fourth-order valence-corrected chi connectivity index (χ4v) is 2.13. The highest BCUT2D eigenvalue weighted by Crippen LogP contribution is 2.03. The molecule has 0 amide bonds. The fraction of sp³-hybridized carbons (Fsp3) is 1.00. The standard InChI is InChI=1S/C13H29NO3S/c1-4-18(16)9-7-14-10-13(15)11-17-8-5-6-12(2)3/h12-15H,4-11H2,1-3H3. The Hall–Kier alpha value is 0.0300. The summed E-state index contributed by atoms with van der Waals surface area (Å²) < 4.78 is 16.5. The van der Waals surface area contributed by atoms with Crippen LogP contribution in [0.2, 0.25) is 0 Å². The predicted molar refractivity (Wildman–Crippen MR) is 77.3 cm³/mol. The molecule has 5 heteroatoms. The lowest BCUT2D eigenvalue weighted by Gasteiger charge is -2.12. The maximum absolute atomic E-state index is 11.1. The van der Waals surface area contributed by atoms with Crippen LogP contribution in [-0.2, 0) is 15.5 Å². The van der Waals surface area contributed by atoms with Gasteiger partial charge in [-0.05, 0) is 18.8 Å². The maximum atomic E-state index is 11.1. The first kappa shape index (κ1) is 18.0. The average Bonchev–Trinajstić information content (AvgIpc) is 2.33. The molecule has 4 nitrogen and oxygen atoms in total. The highest BCUT2D eigenvalue weighted by atomic mass is 32.2. The molecule has 2 unspecified atom stereocenters. The van der Waals surface area contributed by atoms with Crippen molar-refractivity contribution in [3.63, 3.8) is 0 Å². The molecular weight excluding hydrogens is 250 g/mol. The molecule has 2 atom stereocenters. The Bertz CT molecular complexity index is 212. The van der Waals surface area contributed by atoms with Crippen molar-refractivity contribution in [1.82, 2.24) is 5.32 Å². The Morgan fingerprint density at radius 2 is 2.11 bits per heavy atom.